The van der Waals surface area contributed by atoms with Crippen LogP contribution < -0.4 is 14.8 Å². The second kappa shape index (κ2) is 11.3. The molecule has 0 radical (unpaired) electrons. The summed E-state index contributed by atoms with van der Waals surface area (Å²) in [5.74, 6) is 0.0724. The van der Waals surface area contributed by atoms with Crippen LogP contribution in [0.5, 0.6) is 5.88 Å². The van der Waals surface area contributed by atoms with Crippen LogP contribution in [0.2, 0.25) is 0 Å². The van der Waals surface area contributed by atoms with Gasteiger partial charge in [-0.15, -0.1) is 11.3 Å². The molecule has 4 rings (SSSR count). The Labute approximate surface area is 215 Å². The van der Waals surface area contributed by atoms with Crippen molar-refractivity contribution in [3.8, 4) is 16.5 Å². The number of pyridine rings is 1. The number of amides is 1. The number of sulfonamides is 1. The van der Waals surface area contributed by atoms with Crippen LogP contribution in [0.25, 0.3) is 10.6 Å². The van der Waals surface area contributed by atoms with Gasteiger partial charge in [-0.3, -0.25) is 19.5 Å². The first kappa shape index (κ1) is 26.0. The van der Waals surface area contributed by atoms with Crippen LogP contribution in [0, 0.1) is 6.92 Å². The van der Waals surface area contributed by atoms with E-state index in [4.69, 9.17) is 4.74 Å². The molecule has 0 unspecified atom stereocenters. The zero-order valence-corrected chi connectivity index (χ0v) is 22.2. The highest BCUT2D eigenvalue weighted by Gasteiger charge is 2.29. The summed E-state index contributed by atoms with van der Waals surface area (Å²) < 4.78 is 33.5. The molecule has 1 aliphatic carbocycles. The van der Waals surface area contributed by atoms with Crippen LogP contribution in [0.15, 0.2) is 30.7 Å². The second-order valence-corrected chi connectivity index (χ2v) is 11.5. The van der Waals surface area contributed by atoms with Gasteiger partial charge >= 0.3 is 0 Å². The molecule has 192 valence electrons. The molecular weight excluding hydrogens is 500 g/mol. The summed E-state index contributed by atoms with van der Waals surface area (Å²) in [5.41, 5.74) is 2.27. The molecule has 2 N–H and O–H groups in total. The van der Waals surface area contributed by atoms with Crippen molar-refractivity contribution < 1.29 is 17.9 Å². The number of carbonyl (C=O) groups is 1. The van der Waals surface area contributed by atoms with E-state index in [-0.39, 0.29) is 11.2 Å². The predicted molar refractivity (Wildman–Crippen MR) is 139 cm³/mol. The minimum atomic E-state index is -3.46. The Balaban J connectivity index is 1.49. The Morgan fingerprint density at radius 1 is 1.22 bits per heavy atom. The summed E-state index contributed by atoms with van der Waals surface area (Å²) in [6.45, 7) is 6.09. The molecule has 1 atom stereocenters. The number of hydrogen-bond donors (Lipinski definition) is 2. The Hall–Kier alpha value is -3.12. The SMILES string of the molecule is CCOc1cncc(-c2sc(C(=O)N[C@@H](CC)c3cc(NS(=O)(=O)C4CCCC4)ccn3)nc2C)n1. The third-order valence-corrected chi connectivity index (χ3v) is 9.03. The zero-order valence-electron chi connectivity index (χ0n) is 20.5. The molecule has 3 heterocycles. The van der Waals surface area contributed by atoms with E-state index >= 15 is 0 Å². The number of thiazole rings is 1. The van der Waals surface area contributed by atoms with Gasteiger partial charge in [-0.2, -0.15) is 0 Å². The van der Waals surface area contributed by atoms with Gasteiger partial charge in [0.25, 0.3) is 5.91 Å². The number of hydrogen-bond acceptors (Lipinski definition) is 9. The molecule has 36 heavy (non-hydrogen) atoms. The highest BCUT2D eigenvalue weighted by molar-refractivity contribution is 7.93. The molecule has 1 saturated carbocycles. The number of aryl methyl sites for hydroxylation is 1. The third-order valence-electron chi connectivity index (χ3n) is 5.98. The molecule has 0 aromatic carbocycles. The van der Waals surface area contributed by atoms with Gasteiger partial charge in [-0.25, -0.2) is 18.4 Å². The number of aromatic nitrogens is 4. The average Bonchev–Trinajstić information content (AvgIpc) is 3.54. The van der Waals surface area contributed by atoms with E-state index in [0.29, 0.717) is 59.5 Å². The minimum Gasteiger partial charge on any atom is -0.477 e. The van der Waals surface area contributed by atoms with Crippen molar-refractivity contribution >= 4 is 33.0 Å². The van der Waals surface area contributed by atoms with E-state index in [1.54, 1.807) is 24.5 Å². The topological polar surface area (TPSA) is 136 Å². The lowest BCUT2D eigenvalue weighted by atomic mass is 10.1. The maximum atomic E-state index is 13.1. The fourth-order valence-corrected chi connectivity index (χ4v) is 6.66. The lowest BCUT2D eigenvalue weighted by molar-refractivity contribution is 0.0934. The molecule has 0 bridgehead atoms. The number of anilines is 1. The molecule has 0 saturated heterocycles. The van der Waals surface area contributed by atoms with Gasteiger partial charge in [0, 0.05) is 6.20 Å². The summed E-state index contributed by atoms with van der Waals surface area (Å²) in [7, 11) is -3.46. The van der Waals surface area contributed by atoms with E-state index in [9.17, 15) is 13.2 Å². The van der Waals surface area contributed by atoms with Gasteiger partial charge in [0.2, 0.25) is 15.9 Å². The normalized spacial score (nSPS) is 15.0. The highest BCUT2D eigenvalue weighted by Crippen LogP contribution is 2.30. The Kier molecular flexibility index (Phi) is 8.14. The first-order valence-corrected chi connectivity index (χ1v) is 14.4. The molecule has 3 aromatic heterocycles. The molecule has 1 fully saturated rings. The number of nitrogens with one attached hydrogen (secondary N) is 2. The largest absolute Gasteiger partial charge is 0.477 e. The first-order chi connectivity index (χ1) is 17.3. The number of rotatable bonds is 10. The maximum Gasteiger partial charge on any atom is 0.280 e. The molecule has 1 aliphatic rings. The van der Waals surface area contributed by atoms with Crippen LogP contribution in [-0.4, -0.2) is 46.1 Å². The molecule has 0 aliphatic heterocycles. The summed E-state index contributed by atoms with van der Waals surface area (Å²) in [6.07, 6.45) is 8.48. The van der Waals surface area contributed by atoms with Gasteiger partial charge in [-0.1, -0.05) is 19.8 Å². The molecule has 0 spiro atoms. The van der Waals surface area contributed by atoms with Gasteiger partial charge < -0.3 is 10.1 Å². The number of ether oxygens (including phenoxy) is 1. The Morgan fingerprint density at radius 3 is 2.72 bits per heavy atom. The van der Waals surface area contributed by atoms with Crippen molar-refractivity contribution in [3.63, 3.8) is 0 Å². The lowest BCUT2D eigenvalue weighted by Gasteiger charge is -2.18. The van der Waals surface area contributed by atoms with Gasteiger partial charge in [0.15, 0.2) is 5.01 Å². The molecule has 12 heteroatoms. The van der Waals surface area contributed by atoms with Crippen LogP contribution in [0.4, 0.5) is 5.69 Å². The van der Waals surface area contributed by atoms with Gasteiger partial charge in [-0.05, 0) is 45.2 Å². The third kappa shape index (κ3) is 5.98. The van der Waals surface area contributed by atoms with Crippen LogP contribution in [0.3, 0.4) is 0 Å². The van der Waals surface area contributed by atoms with Crippen LogP contribution >= 0.6 is 11.3 Å². The highest BCUT2D eigenvalue weighted by atomic mass is 32.2. The molecule has 1 amide bonds. The van der Waals surface area contributed by atoms with E-state index in [0.717, 1.165) is 17.7 Å². The Morgan fingerprint density at radius 2 is 2.00 bits per heavy atom. The van der Waals surface area contributed by atoms with E-state index < -0.39 is 16.1 Å². The number of carbonyl (C=O) groups excluding carboxylic acids is 1. The standard InChI is InChI=1S/C24H30N6O4S2/c1-4-18(19-12-16(10-11-26-19)30-36(32,33)17-8-6-7-9-17)29-23(31)24-27-15(3)22(35-24)20-13-25-14-21(28-20)34-5-2/h10-14,17-18H,4-9H2,1-3H3,(H,26,30)(H,29,31)/t18-/m0/s1. The molecule has 3 aromatic rings. The summed E-state index contributed by atoms with van der Waals surface area (Å²) in [4.78, 5) is 31.3. The minimum absolute atomic E-state index is 0.294. The molecule has 10 nitrogen and oxygen atoms in total. The predicted octanol–water partition coefficient (Wildman–Crippen LogP) is 4.27. The smallest absolute Gasteiger partial charge is 0.280 e. The van der Waals surface area contributed by atoms with Crippen molar-refractivity contribution in [3.05, 3.63) is 47.1 Å². The zero-order chi connectivity index (χ0) is 25.7. The summed E-state index contributed by atoms with van der Waals surface area (Å²) >= 11 is 1.23. The quantitative estimate of drug-likeness (QED) is 0.397. The van der Waals surface area contributed by atoms with Gasteiger partial charge in [0.1, 0.15) is 5.69 Å². The fraction of sp³-hybridized carbons (Fsp3) is 0.458. The van der Waals surface area contributed by atoms with E-state index in [1.807, 2.05) is 20.8 Å². The van der Waals surface area contributed by atoms with Crippen LogP contribution in [0.1, 0.15) is 73.2 Å². The monoisotopic (exact) mass is 530 g/mol. The van der Waals surface area contributed by atoms with Crippen molar-refractivity contribution in [2.75, 3.05) is 11.3 Å². The first-order valence-electron chi connectivity index (χ1n) is 12.0. The molecular formula is C24H30N6O4S2. The van der Waals surface area contributed by atoms with Gasteiger partial charge in [0.05, 0.1) is 52.2 Å². The van der Waals surface area contributed by atoms with Crippen molar-refractivity contribution in [2.24, 2.45) is 0 Å². The van der Waals surface area contributed by atoms with E-state index in [2.05, 4.69) is 30.0 Å². The second-order valence-electron chi connectivity index (χ2n) is 8.57. The van der Waals surface area contributed by atoms with Crippen molar-refractivity contribution in [1.82, 2.24) is 25.3 Å². The fourth-order valence-electron chi connectivity index (χ4n) is 4.16. The van der Waals surface area contributed by atoms with Crippen molar-refractivity contribution in [1.29, 1.82) is 0 Å². The van der Waals surface area contributed by atoms with E-state index in [1.165, 1.54) is 17.5 Å². The summed E-state index contributed by atoms with van der Waals surface area (Å²) in [6, 6.07) is 2.88. The Bertz CT molecular complexity index is 1320. The number of nitrogens with zero attached hydrogens (tertiary/aromatic N) is 4. The average molecular weight is 531 g/mol. The van der Waals surface area contributed by atoms with Crippen LogP contribution in [-0.2, 0) is 10.0 Å². The maximum absolute atomic E-state index is 13.1. The van der Waals surface area contributed by atoms with Crippen molar-refractivity contribution in [2.45, 2.75) is 64.2 Å². The summed E-state index contributed by atoms with van der Waals surface area (Å²) in [5, 5.41) is 2.91. The lowest BCUT2D eigenvalue weighted by Crippen LogP contribution is -2.29.